The molecule has 0 radical (unpaired) electrons. The van der Waals surface area contributed by atoms with Gasteiger partial charge < -0.3 is 15.3 Å². The Hall–Kier alpha value is -2.06. The molecule has 1 aromatic rings. The molecule has 5 heteroatoms. The fourth-order valence-corrected chi connectivity index (χ4v) is 1.62. The van der Waals surface area contributed by atoms with E-state index in [4.69, 9.17) is 10.4 Å². The van der Waals surface area contributed by atoms with Crippen LogP contribution < -0.4 is 5.32 Å². The monoisotopic (exact) mass is 261 g/mol. The summed E-state index contributed by atoms with van der Waals surface area (Å²) < 4.78 is 0. The molecule has 2 N–H and O–H groups in total. The highest BCUT2D eigenvalue weighted by atomic mass is 16.2. The molecule has 0 heterocycles. The maximum Gasteiger partial charge on any atom is 0.321 e. The van der Waals surface area contributed by atoms with Crippen LogP contribution >= 0.6 is 0 Å². The van der Waals surface area contributed by atoms with Crippen LogP contribution in [0.1, 0.15) is 24.8 Å². The van der Waals surface area contributed by atoms with Gasteiger partial charge in [-0.15, -0.1) is 0 Å². The maximum atomic E-state index is 11.9. The van der Waals surface area contributed by atoms with Gasteiger partial charge in [-0.05, 0) is 37.5 Å². The largest absolute Gasteiger partial charge is 0.396 e. The van der Waals surface area contributed by atoms with Crippen LogP contribution in [-0.2, 0) is 0 Å². The molecule has 0 atom stereocenters. The van der Waals surface area contributed by atoms with Crippen molar-refractivity contribution in [1.29, 1.82) is 5.26 Å². The smallest absolute Gasteiger partial charge is 0.321 e. The van der Waals surface area contributed by atoms with Crippen molar-refractivity contribution < 1.29 is 9.90 Å². The first-order valence-electron chi connectivity index (χ1n) is 6.30. The van der Waals surface area contributed by atoms with Gasteiger partial charge in [0.25, 0.3) is 0 Å². The second kappa shape index (κ2) is 8.11. The third kappa shape index (κ3) is 5.40. The second-order valence-corrected chi connectivity index (χ2v) is 4.33. The van der Waals surface area contributed by atoms with Crippen LogP contribution in [0.5, 0.6) is 0 Å². The Bertz CT molecular complexity index is 454. The Balaban J connectivity index is 2.43. The lowest BCUT2D eigenvalue weighted by Crippen LogP contribution is -2.32. The second-order valence-electron chi connectivity index (χ2n) is 4.33. The number of aliphatic hydroxyl groups is 1. The predicted molar refractivity (Wildman–Crippen MR) is 73.7 cm³/mol. The van der Waals surface area contributed by atoms with Crippen molar-refractivity contribution in [2.24, 2.45) is 0 Å². The van der Waals surface area contributed by atoms with Gasteiger partial charge in [-0.2, -0.15) is 5.26 Å². The van der Waals surface area contributed by atoms with E-state index in [-0.39, 0.29) is 12.6 Å². The van der Waals surface area contributed by atoms with Gasteiger partial charge in [0.2, 0.25) is 0 Å². The van der Waals surface area contributed by atoms with Gasteiger partial charge in [-0.1, -0.05) is 6.07 Å². The highest BCUT2D eigenvalue weighted by Crippen LogP contribution is 2.10. The van der Waals surface area contributed by atoms with Crippen molar-refractivity contribution in [1.82, 2.24) is 4.90 Å². The molecule has 2 amide bonds. The molecule has 5 nitrogen and oxygen atoms in total. The zero-order chi connectivity index (χ0) is 14.1. The van der Waals surface area contributed by atoms with Crippen LogP contribution in [0.4, 0.5) is 10.5 Å². The summed E-state index contributed by atoms with van der Waals surface area (Å²) in [6.07, 6.45) is 2.53. The summed E-state index contributed by atoms with van der Waals surface area (Å²) in [5.74, 6) is 0. The zero-order valence-corrected chi connectivity index (χ0v) is 11.1. The molecule has 0 fully saturated rings. The van der Waals surface area contributed by atoms with Crippen LogP contribution in [0.15, 0.2) is 24.3 Å². The Labute approximate surface area is 113 Å². The first-order valence-corrected chi connectivity index (χ1v) is 6.30. The molecule has 0 saturated heterocycles. The molecule has 0 aliphatic heterocycles. The van der Waals surface area contributed by atoms with Crippen molar-refractivity contribution in [3.63, 3.8) is 0 Å². The van der Waals surface area contributed by atoms with Crippen molar-refractivity contribution in [2.75, 3.05) is 25.5 Å². The summed E-state index contributed by atoms with van der Waals surface area (Å²) in [6.45, 7) is 0.834. The van der Waals surface area contributed by atoms with E-state index in [9.17, 15) is 4.79 Å². The summed E-state index contributed by atoms with van der Waals surface area (Å²) in [5.41, 5.74) is 1.13. The minimum atomic E-state index is -0.195. The van der Waals surface area contributed by atoms with Crippen LogP contribution in [0.25, 0.3) is 0 Å². The first-order chi connectivity index (χ1) is 9.17. The molecule has 19 heavy (non-hydrogen) atoms. The Morgan fingerprint density at radius 1 is 1.42 bits per heavy atom. The highest BCUT2D eigenvalue weighted by Gasteiger charge is 2.08. The number of aliphatic hydroxyl groups excluding tert-OH is 1. The number of nitriles is 1. The lowest BCUT2D eigenvalue weighted by Gasteiger charge is -2.17. The number of carbonyl (C=O) groups is 1. The maximum absolute atomic E-state index is 11.9. The van der Waals surface area contributed by atoms with Crippen molar-refractivity contribution in [2.45, 2.75) is 19.3 Å². The van der Waals surface area contributed by atoms with Gasteiger partial charge in [0.05, 0.1) is 11.6 Å². The zero-order valence-electron chi connectivity index (χ0n) is 11.1. The van der Waals surface area contributed by atoms with Crippen molar-refractivity contribution in [3.05, 3.63) is 29.8 Å². The molecule has 0 aliphatic rings. The summed E-state index contributed by atoms with van der Waals surface area (Å²) in [6, 6.07) is 8.64. The van der Waals surface area contributed by atoms with Gasteiger partial charge in [0, 0.05) is 25.9 Å². The number of rotatable bonds is 6. The number of nitrogens with one attached hydrogen (secondary N) is 1. The lowest BCUT2D eigenvalue weighted by molar-refractivity contribution is 0.220. The van der Waals surface area contributed by atoms with E-state index in [1.165, 1.54) is 0 Å². The number of unbranched alkanes of at least 4 members (excludes halogenated alkanes) is 2. The normalized spacial score (nSPS) is 9.74. The molecule has 0 bridgehead atoms. The van der Waals surface area contributed by atoms with Crippen molar-refractivity contribution >= 4 is 11.7 Å². The Morgan fingerprint density at radius 2 is 2.21 bits per heavy atom. The molecular weight excluding hydrogens is 242 g/mol. The Kier molecular flexibility index (Phi) is 6.41. The van der Waals surface area contributed by atoms with Gasteiger partial charge in [0.1, 0.15) is 0 Å². The summed E-state index contributed by atoms with van der Waals surface area (Å²) >= 11 is 0. The minimum Gasteiger partial charge on any atom is -0.396 e. The molecular formula is C14H19N3O2. The van der Waals surface area contributed by atoms with E-state index >= 15 is 0 Å². The molecule has 1 aromatic carbocycles. The summed E-state index contributed by atoms with van der Waals surface area (Å²) in [7, 11) is 1.72. The quantitative estimate of drug-likeness (QED) is 0.771. The van der Waals surface area contributed by atoms with Gasteiger partial charge >= 0.3 is 6.03 Å². The first kappa shape index (κ1) is 15.0. The van der Waals surface area contributed by atoms with Gasteiger partial charge in [-0.25, -0.2) is 4.79 Å². The molecule has 0 aliphatic carbocycles. The van der Waals surface area contributed by atoms with E-state index in [0.717, 1.165) is 19.3 Å². The number of benzene rings is 1. The van der Waals surface area contributed by atoms with Crippen LogP contribution in [0, 0.1) is 11.3 Å². The standard InChI is InChI=1S/C14H19N3O2/c1-17(8-3-2-4-9-18)14(19)16-13-7-5-6-12(10-13)11-15/h5-7,10,18H,2-4,8-9H2,1H3,(H,16,19). The Morgan fingerprint density at radius 3 is 2.89 bits per heavy atom. The average molecular weight is 261 g/mol. The highest BCUT2D eigenvalue weighted by molar-refractivity contribution is 5.89. The third-order valence-electron chi connectivity index (χ3n) is 2.74. The summed E-state index contributed by atoms with van der Waals surface area (Å²) in [5, 5.41) is 20.2. The minimum absolute atomic E-state index is 0.191. The van der Waals surface area contributed by atoms with E-state index in [1.54, 1.807) is 36.2 Å². The summed E-state index contributed by atoms with van der Waals surface area (Å²) in [4.78, 5) is 13.5. The van der Waals surface area contributed by atoms with E-state index in [2.05, 4.69) is 5.32 Å². The van der Waals surface area contributed by atoms with Crippen LogP contribution in [0.3, 0.4) is 0 Å². The number of nitrogens with zero attached hydrogens (tertiary/aromatic N) is 2. The number of amides is 2. The topological polar surface area (TPSA) is 76.4 Å². The number of hydrogen-bond donors (Lipinski definition) is 2. The average Bonchev–Trinajstić information content (AvgIpc) is 2.43. The molecule has 0 unspecified atom stereocenters. The fourth-order valence-electron chi connectivity index (χ4n) is 1.62. The molecule has 0 spiro atoms. The predicted octanol–water partition coefficient (Wildman–Crippen LogP) is 2.18. The number of anilines is 1. The van der Waals surface area contributed by atoms with Gasteiger partial charge in [-0.3, -0.25) is 0 Å². The van der Waals surface area contributed by atoms with Crippen LogP contribution in [-0.4, -0.2) is 36.2 Å². The van der Waals surface area contributed by atoms with E-state index in [1.807, 2.05) is 6.07 Å². The number of urea groups is 1. The van der Waals surface area contributed by atoms with Crippen molar-refractivity contribution in [3.8, 4) is 6.07 Å². The molecule has 102 valence electrons. The van der Waals surface area contributed by atoms with Gasteiger partial charge in [0.15, 0.2) is 0 Å². The number of hydrogen-bond acceptors (Lipinski definition) is 3. The van der Waals surface area contributed by atoms with E-state index in [0.29, 0.717) is 17.8 Å². The lowest BCUT2D eigenvalue weighted by atomic mass is 10.2. The fraction of sp³-hybridized carbons (Fsp3) is 0.429. The van der Waals surface area contributed by atoms with E-state index < -0.39 is 0 Å². The number of carbonyl (C=O) groups excluding carboxylic acids is 1. The van der Waals surface area contributed by atoms with Crippen LogP contribution in [0.2, 0.25) is 0 Å². The molecule has 1 rings (SSSR count). The molecule has 0 saturated carbocycles. The SMILES string of the molecule is CN(CCCCCO)C(=O)Nc1cccc(C#N)c1. The third-order valence-corrected chi connectivity index (χ3v) is 2.74. The molecule has 0 aromatic heterocycles.